The van der Waals surface area contributed by atoms with Crippen molar-refractivity contribution in [1.82, 2.24) is 4.57 Å². The third-order valence-electron chi connectivity index (χ3n) is 5.27. The Hall–Kier alpha value is -2.99. The number of hydrogen-bond acceptors (Lipinski definition) is 5. The van der Waals surface area contributed by atoms with E-state index in [-0.39, 0.29) is 29.0 Å². The van der Waals surface area contributed by atoms with E-state index in [0.717, 1.165) is 10.6 Å². The van der Waals surface area contributed by atoms with Gasteiger partial charge in [-0.05, 0) is 32.0 Å². The number of nitrogens with zero attached hydrogens (tertiary/aromatic N) is 2. The van der Waals surface area contributed by atoms with Crippen LogP contribution in [-0.4, -0.2) is 20.6 Å². The zero-order valence-corrected chi connectivity index (χ0v) is 14.2. The minimum Gasteiger partial charge on any atom is -0.494 e. The molecule has 9 heteroatoms. The zero-order valence-electron chi connectivity index (χ0n) is 14.2. The van der Waals surface area contributed by atoms with Gasteiger partial charge in [-0.2, -0.15) is 18.4 Å². The Morgan fingerprint density at radius 2 is 1.85 bits per heavy atom. The van der Waals surface area contributed by atoms with Gasteiger partial charge in [-0.25, -0.2) is 0 Å². The number of benzene rings is 1. The zero-order chi connectivity index (χ0) is 19.9. The molecule has 1 fully saturated rings. The van der Waals surface area contributed by atoms with Crippen molar-refractivity contribution in [1.29, 1.82) is 5.26 Å². The van der Waals surface area contributed by atoms with Crippen LogP contribution in [0.3, 0.4) is 0 Å². The number of Topliss-reactive ketones (excluding diaryl/α,β-unsaturated/α-hetero) is 1. The summed E-state index contributed by atoms with van der Waals surface area (Å²) >= 11 is 0. The predicted octanol–water partition coefficient (Wildman–Crippen LogP) is 3.21. The van der Waals surface area contributed by atoms with Crippen LogP contribution in [-0.2, 0) is 26.9 Å². The number of rotatable bonds is 1. The molecule has 2 unspecified atom stereocenters. The number of aromatic hydroxyl groups is 2. The molecule has 2 bridgehead atoms. The van der Waals surface area contributed by atoms with Gasteiger partial charge in [0.05, 0.1) is 34.0 Å². The molecule has 6 nitrogen and oxygen atoms in total. The lowest BCUT2D eigenvalue weighted by Crippen LogP contribution is -2.28. The SMILES string of the molecule is CC12CC(=O)C(C)(O1)c1c2c(O)n(-c2ccc(C#N)c(C(F)(F)F)c2)c1O. The molecule has 0 amide bonds. The summed E-state index contributed by atoms with van der Waals surface area (Å²) in [7, 11) is 0. The van der Waals surface area contributed by atoms with Crippen LogP contribution in [0.15, 0.2) is 18.2 Å². The van der Waals surface area contributed by atoms with Crippen molar-refractivity contribution in [2.75, 3.05) is 0 Å². The van der Waals surface area contributed by atoms with Crippen molar-refractivity contribution in [3.05, 3.63) is 40.5 Å². The highest BCUT2D eigenvalue weighted by atomic mass is 19.4. The van der Waals surface area contributed by atoms with E-state index < -0.39 is 40.3 Å². The first-order valence-electron chi connectivity index (χ1n) is 7.97. The number of ether oxygens (including phenoxy) is 1. The van der Waals surface area contributed by atoms with Gasteiger partial charge in [0.15, 0.2) is 11.4 Å². The topological polar surface area (TPSA) is 95.5 Å². The number of carbonyl (C=O) groups is 1. The molecule has 1 aromatic heterocycles. The third kappa shape index (κ3) is 2.01. The Kier molecular flexibility index (Phi) is 3.12. The summed E-state index contributed by atoms with van der Waals surface area (Å²) in [5.41, 5.74) is -4.38. The van der Waals surface area contributed by atoms with E-state index in [0.29, 0.717) is 6.07 Å². The maximum absolute atomic E-state index is 13.3. The number of nitriles is 1. The molecule has 140 valence electrons. The highest BCUT2D eigenvalue weighted by Gasteiger charge is 2.64. The van der Waals surface area contributed by atoms with Crippen LogP contribution in [0.5, 0.6) is 11.8 Å². The minimum atomic E-state index is -4.79. The van der Waals surface area contributed by atoms with Gasteiger partial charge in [0.2, 0.25) is 11.8 Å². The van der Waals surface area contributed by atoms with Crippen LogP contribution >= 0.6 is 0 Å². The van der Waals surface area contributed by atoms with Crippen molar-refractivity contribution in [3.8, 4) is 23.5 Å². The maximum atomic E-state index is 13.3. The monoisotopic (exact) mass is 378 g/mol. The lowest BCUT2D eigenvalue weighted by molar-refractivity contribution is -0.137. The predicted molar refractivity (Wildman–Crippen MR) is 84.2 cm³/mol. The van der Waals surface area contributed by atoms with E-state index in [4.69, 9.17) is 10.00 Å². The van der Waals surface area contributed by atoms with E-state index >= 15 is 0 Å². The normalized spacial score (nSPS) is 26.3. The number of carbonyl (C=O) groups excluding carboxylic acids is 1. The molecule has 0 radical (unpaired) electrons. The van der Waals surface area contributed by atoms with Gasteiger partial charge in [-0.15, -0.1) is 0 Å². The summed E-state index contributed by atoms with van der Waals surface area (Å²) in [5.74, 6) is -1.36. The Morgan fingerprint density at radius 3 is 2.44 bits per heavy atom. The highest BCUT2D eigenvalue weighted by molar-refractivity contribution is 5.95. The van der Waals surface area contributed by atoms with Gasteiger partial charge in [0.1, 0.15) is 5.60 Å². The van der Waals surface area contributed by atoms with Crippen LogP contribution in [0.25, 0.3) is 5.69 Å². The van der Waals surface area contributed by atoms with E-state index in [1.54, 1.807) is 6.92 Å². The summed E-state index contributed by atoms with van der Waals surface area (Å²) in [6.07, 6.45) is -4.81. The van der Waals surface area contributed by atoms with Crippen molar-refractivity contribution in [3.63, 3.8) is 0 Å². The Balaban J connectivity index is 1.99. The van der Waals surface area contributed by atoms with E-state index in [1.165, 1.54) is 19.1 Å². The average molecular weight is 378 g/mol. The summed E-state index contributed by atoms with van der Waals surface area (Å²) in [4.78, 5) is 12.3. The van der Waals surface area contributed by atoms with Gasteiger partial charge < -0.3 is 14.9 Å². The molecule has 0 spiro atoms. The molecule has 0 saturated carbocycles. The molecule has 2 aliphatic heterocycles. The number of ketones is 1. The second-order valence-electron chi connectivity index (χ2n) is 7.04. The van der Waals surface area contributed by atoms with E-state index in [1.807, 2.05) is 0 Å². The third-order valence-corrected chi connectivity index (χ3v) is 5.27. The first-order chi connectivity index (χ1) is 12.4. The fourth-order valence-electron chi connectivity index (χ4n) is 4.10. The van der Waals surface area contributed by atoms with Crippen LogP contribution in [0, 0.1) is 11.3 Å². The van der Waals surface area contributed by atoms with Crippen molar-refractivity contribution in [2.24, 2.45) is 0 Å². The lowest BCUT2D eigenvalue weighted by Gasteiger charge is -2.20. The van der Waals surface area contributed by atoms with E-state index in [2.05, 4.69) is 0 Å². The van der Waals surface area contributed by atoms with Crippen molar-refractivity contribution < 1.29 is 32.9 Å². The fourth-order valence-corrected chi connectivity index (χ4v) is 4.10. The molecule has 3 heterocycles. The molecule has 2 atom stereocenters. The first-order valence-corrected chi connectivity index (χ1v) is 7.97. The molecule has 2 aliphatic rings. The smallest absolute Gasteiger partial charge is 0.417 e. The Bertz CT molecular complexity index is 1070. The van der Waals surface area contributed by atoms with Gasteiger partial charge in [-0.3, -0.25) is 9.36 Å². The van der Waals surface area contributed by atoms with Gasteiger partial charge >= 0.3 is 6.18 Å². The number of aromatic nitrogens is 1. The molecule has 1 saturated heterocycles. The Morgan fingerprint density at radius 1 is 1.22 bits per heavy atom. The second-order valence-corrected chi connectivity index (χ2v) is 7.04. The van der Waals surface area contributed by atoms with Gasteiger partial charge in [0, 0.05) is 6.42 Å². The standard InChI is InChI=1S/C18H13F3N2O4/c1-16-6-11(24)17(2,27-16)13-12(16)14(25)23(15(13)26)9-4-3-8(7-22)10(5-9)18(19,20)21/h3-5,25-26H,6H2,1-2H3. The molecule has 0 aliphatic carbocycles. The van der Waals surface area contributed by atoms with Gasteiger partial charge in [-0.1, -0.05) is 0 Å². The molecule has 1 aromatic carbocycles. The molecular weight excluding hydrogens is 365 g/mol. The number of hydrogen-bond donors (Lipinski definition) is 2. The molecule has 4 rings (SSSR count). The second kappa shape index (κ2) is 4.84. The number of alkyl halides is 3. The Labute approximate surface area is 151 Å². The lowest BCUT2D eigenvalue weighted by atomic mass is 9.79. The number of halogens is 3. The molecule has 2 aromatic rings. The van der Waals surface area contributed by atoms with Crippen molar-refractivity contribution in [2.45, 2.75) is 37.6 Å². The summed E-state index contributed by atoms with van der Waals surface area (Å²) < 4.78 is 46.3. The first kappa shape index (κ1) is 17.4. The fraction of sp³-hybridized carbons (Fsp3) is 0.333. The molecule has 27 heavy (non-hydrogen) atoms. The highest BCUT2D eigenvalue weighted by Crippen LogP contribution is 2.62. The summed E-state index contributed by atoms with van der Waals surface area (Å²) in [6, 6.07) is 4.28. The summed E-state index contributed by atoms with van der Waals surface area (Å²) in [5, 5.41) is 30.2. The molecule has 2 N–H and O–H groups in total. The average Bonchev–Trinajstić information content (AvgIpc) is 3.07. The molecular formula is C18H13F3N2O4. The maximum Gasteiger partial charge on any atom is 0.417 e. The van der Waals surface area contributed by atoms with Crippen LogP contribution in [0.1, 0.15) is 42.5 Å². The van der Waals surface area contributed by atoms with Crippen LogP contribution in [0.2, 0.25) is 0 Å². The minimum absolute atomic E-state index is 0.0192. The van der Waals surface area contributed by atoms with Crippen molar-refractivity contribution >= 4 is 5.78 Å². The number of fused-ring (bicyclic) bond motifs is 5. The van der Waals surface area contributed by atoms with Gasteiger partial charge in [0.25, 0.3) is 0 Å². The van der Waals surface area contributed by atoms with Crippen LogP contribution in [0.4, 0.5) is 13.2 Å². The largest absolute Gasteiger partial charge is 0.494 e. The quantitative estimate of drug-likeness (QED) is 0.795. The van der Waals surface area contributed by atoms with E-state index in [9.17, 15) is 28.2 Å². The van der Waals surface area contributed by atoms with Crippen LogP contribution < -0.4 is 0 Å². The summed E-state index contributed by atoms with van der Waals surface area (Å²) in [6.45, 7) is 3.03.